The van der Waals surface area contributed by atoms with E-state index >= 15 is 0 Å². The number of nitrogens with one attached hydrogen (secondary N) is 2. The molecule has 0 unspecified atom stereocenters. The van der Waals surface area contributed by atoms with E-state index in [2.05, 4.69) is 16.7 Å². The highest BCUT2D eigenvalue weighted by Gasteiger charge is 2.17. The van der Waals surface area contributed by atoms with Crippen LogP contribution in [0.2, 0.25) is 0 Å². The molecule has 0 aliphatic carbocycles. The van der Waals surface area contributed by atoms with Crippen molar-refractivity contribution in [3.63, 3.8) is 0 Å². The van der Waals surface area contributed by atoms with Crippen molar-refractivity contribution in [2.24, 2.45) is 0 Å². The fourth-order valence-corrected chi connectivity index (χ4v) is 3.99. The molecular weight excluding hydrogens is 378 g/mol. The Bertz CT molecular complexity index is 1100. The molecular formula is C20H17N3O2S2. The fourth-order valence-electron chi connectivity index (χ4n) is 2.72. The quantitative estimate of drug-likeness (QED) is 0.638. The van der Waals surface area contributed by atoms with E-state index < -0.39 is 0 Å². The van der Waals surface area contributed by atoms with Gasteiger partial charge < -0.3 is 10.1 Å². The van der Waals surface area contributed by atoms with Crippen LogP contribution in [-0.2, 0) is 0 Å². The average molecular weight is 396 g/mol. The van der Waals surface area contributed by atoms with E-state index in [-0.39, 0.29) is 11.0 Å². The Morgan fingerprint density at radius 3 is 2.52 bits per heavy atom. The molecule has 0 aliphatic heterocycles. The molecule has 1 amide bonds. The molecule has 7 heteroatoms. The van der Waals surface area contributed by atoms with Crippen molar-refractivity contribution in [3.8, 4) is 11.8 Å². The highest BCUT2D eigenvalue weighted by molar-refractivity contribution is 7.80. The van der Waals surface area contributed by atoms with Crippen molar-refractivity contribution in [2.75, 3.05) is 12.4 Å². The number of hydrogen-bond acceptors (Lipinski definition) is 5. The minimum atomic E-state index is -0.376. The Hall–Kier alpha value is -2.95. The maximum absolute atomic E-state index is 12.7. The lowest BCUT2D eigenvalue weighted by Crippen LogP contribution is -2.34. The lowest BCUT2D eigenvalue weighted by molar-refractivity contribution is 0.0975. The van der Waals surface area contributed by atoms with Gasteiger partial charge in [0, 0.05) is 4.88 Å². The fraction of sp³-hybridized carbons (Fsp3) is 0.150. The molecule has 0 fully saturated rings. The number of fused-ring (bicyclic) bond motifs is 1. The summed E-state index contributed by atoms with van der Waals surface area (Å²) < 4.78 is 5.36. The Labute approximate surface area is 166 Å². The molecule has 0 atom stereocenters. The van der Waals surface area contributed by atoms with Gasteiger partial charge in [0.25, 0.3) is 5.91 Å². The first-order valence-corrected chi connectivity index (χ1v) is 9.36. The number of nitriles is 1. The zero-order valence-electron chi connectivity index (χ0n) is 15.0. The summed E-state index contributed by atoms with van der Waals surface area (Å²) in [5, 5.41) is 17.6. The van der Waals surface area contributed by atoms with Gasteiger partial charge in [0.2, 0.25) is 0 Å². The molecule has 3 rings (SSSR count). The van der Waals surface area contributed by atoms with Crippen LogP contribution in [0.5, 0.6) is 5.75 Å². The largest absolute Gasteiger partial charge is 0.496 e. The molecule has 3 aromatic rings. The van der Waals surface area contributed by atoms with Gasteiger partial charge in [-0.25, -0.2) is 0 Å². The van der Waals surface area contributed by atoms with Crippen LogP contribution in [-0.4, -0.2) is 18.1 Å². The summed E-state index contributed by atoms with van der Waals surface area (Å²) in [6.07, 6.45) is 0. The molecule has 0 radical (unpaired) electrons. The Morgan fingerprint density at radius 2 is 1.89 bits per heavy atom. The molecule has 136 valence electrons. The number of anilines is 1. The van der Waals surface area contributed by atoms with Crippen LogP contribution in [0.15, 0.2) is 36.4 Å². The summed E-state index contributed by atoms with van der Waals surface area (Å²) in [7, 11) is 1.52. The first-order chi connectivity index (χ1) is 12.9. The van der Waals surface area contributed by atoms with Gasteiger partial charge in [-0.2, -0.15) is 5.26 Å². The van der Waals surface area contributed by atoms with Gasteiger partial charge in [0.05, 0.1) is 18.2 Å². The van der Waals surface area contributed by atoms with E-state index in [1.807, 2.05) is 44.2 Å². The Morgan fingerprint density at radius 1 is 1.22 bits per heavy atom. The van der Waals surface area contributed by atoms with Gasteiger partial charge in [-0.15, -0.1) is 11.3 Å². The predicted molar refractivity (Wildman–Crippen MR) is 113 cm³/mol. The number of rotatable bonds is 3. The highest BCUT2D eigenvalue weighted by atomic mass is 32.1. The topological polar surface area (TPSA) is 74.2 Å². The number of carbonyl (C=O) groups is 1. The average Bonchev–Trinajstić information content (AvgIpc) is 2.93. The van der Waals surface area contributed by atoms with Crippen LogP contribution in [0.4, 0.5) is 5.00 Å². The zero-order chi connectivity index (χ0) is 19.6. The van der Waals surface area contributed by atoms with Crippen molar-refractivity contribution in [1.29, 1.82) is 5.26 Å². The van der Waals surface area contributed by atoms with Crippen molar-refractivity contribution < 1.29 is 9.53 Å². The predicted octanol–water partition coefficient (Wildman–Crippen LogP) is 4.53. The Kier molecular flexibility index (Phi) is 5.40. The first-order valence-electron chi connectivity index (χ1n) is 8.13. The van der Waals surface area contributed by atoms with Gasteiger partial charge >= 0.3 is 0 Å². The first kappa shape index (κ1) is 18.8. The van der Waals surface area contributed by atoms with Crippen molar-refractivity contribution in [3.05, 3.63) is 58.0 Å². The minimum Gasteiger partial charge on any atom is -0.496 e. The van der Waals surface area contributed by atoms with E-state index in [1.165, 1.54) is 18.4 Å². The highest BCUT2D eigenvalue weighted by Crippen LogP contribution is 2.31. The molecule has 27 heavy (non-hydrogen) atoms. The second-order valence-electron chi connectivity index (χ2n) is 5.91. The number of thiophene rings is 1. The third-order valence-corrected chi connectivity index (χ3v) is 5.59. The lowest BCUT2D eigenvalue weighted by atomic mass is 10.1. The summed E-state index contributed by atoms with van der Waals surface area (Å²) in [6.45, 7) is 3.82. The molecule has 0 saturated carbocycles. The molecule has 1 heterocycles. The lowest BCUT2D eigenvalue weighted by Gasteiger charge is -2.12. The van der Waals surface area contributed by atoms with Crippen LogP contribution in [0.1, 0.15) is 26.4 Å². The van der Waals surface area contributed by atoms with Crippen LogP contribution < -0.4 is 15.4 Å². The van der Waals surface area contributed by atoms with E-state index in [0.717, 1.165) is 21.2 Å². The molecule has 2 N–H and O–H groups in total. The van der Waals surface area contributed by atoms with Crippen molar-refractivity contribution in [1.82, 2.24) is 5.32 Å². The van der Waals surface area contributed by atoms with Gasteiger partial charge in [-0.1, -0.05) is 24.3 Å². The van der Waals surface area contributed by atoms with Crippen LogP contribution in [0.25, 0.3) is 10.8 Å². The third-order valence-electron chi connectivity index (χ3n) is 4.26. The molecule has 0 saturated heterocycles. The maximum Gasteiger partial charge on any atom is 0.261 e. The number of methoxy groups -OCH3 is 1. The molecule has 5 nitrogen and oxygen atoms in total. The molecule has 0 spiro atoms. The number of benzene rings is 2. The number of aryl methyl sites for hydroxylation is 1. The minimum absolute atomic E-state index is 0.132. The number of thiocarbonyl (C=S) groups is 1. The monoisotopic (exact) mass is 395 g/mol. The summed E-state index contributed by atoms with van der Waals surface area (Å²) in [6, 6.07) is 13.5. The van der Waals surface area contributed by atoms with Crippen molar-refractivity contribution in [2.45, 2.75) is 13.8 Å². The van der Waals surface area contributed by atoms with Gasteiger partial charge in [0.15, 0.2) is 5.11 Å². The number of hydrogen-bond donors (Lipinski definition) is 2. The standard InChI is InChI=1S/C20H17N3O2S2/c1-11-12(2)27-19(16(11)10-21)23-20(26)22-18(24)15-8-13-6-4-5-7-14(13)9-17(15)25-3/h4-9H,1-3H3,(H2,22,23,24,26). The smallest absolute Gasteiger partial charge is 0.261 e. The number of ether oxygens (including phenoxy) is 1. The van der Waals surface area contributed by atoms with Crippen LogP contribution >= 0.6 is 23.6 Å². The van der Waals surface area contributed by atoms with E-state index in [9.17, 15) is 10.1 Å². The van der Waals surface area contributed by atoms with Gasteiger partial charge in [-0.3, -0.25) is 10.1 Å². The van der Waals surface area contributed by atoms with E-state index in [4.69, 9.17) is 17.0 Å². The summed E-state index contributed by atoms with van der Waals surface area (Å²) in [4.78, 5) is 13.7. The van der Waals surface area contributed by atoms with E-state index in [0.29, 0.717) is 21.9 Å². The van der Waals surface area contributed by atoms with Crippen molar-refractivity contribution >= 4 is 50.3 Å². The van der Waals surface area contributed by atoms with Crippen LogP contribution in [0, 0.1) is 25.2 Å². The second-order valence-corrected chi connectivity index (χ2v) is 7.54. The maximum atomic E-state index is 12.7. The normalized spacial score (nSPS) is 10.3. The summed E-state index contributed by atoms with van der Waals surface area (Å²) in [5.74, 6) is 0.0909. The van der Waals surface area contributed by atoms with E-state index in [1.54, 1.807) is 6.07 Å². The van der Waals surface area contributed by atoms with Gasteiger partial charge in [-0.05, 0) is 54.5 Å². The molecule has 2 aromatic carbocycles. The second kappa shape index (κ2) is 7.74. The third kappa shape index (κ3) is 3.77. The van der Waals surface area contributed by atoms with Crippen LogP contribution in [0.3, 0.4) is 0 Å². The molecule has 1 aromatic heterocycles. The zero-order valence-corrected chi connectivity index (χ0v) is 16.7. The number of carbonyl (C=O) groups excluding carboxylic acids is 1. The number of amides is 1. The molecule has 0 bridgehead atoms. The summed E-state index contributed by atoms with van der Waals surface area (Å²) >= 11 is 6.69. The Balaban J connectivity index is 1.83. The SMILES string of the molecule is COc1cc2ccccc2cc1C(=O)NC(=S)Nc1sc(C)c(C)c1C#N. The van der Waals surface area contributed by atoms with Gasteiger partial charge in [0.1, 0.15) is 16.8 Å². The molecule has 0 aliphatic rings. The number of nitrogens with zero attached hydrogens (tertiary/aromatic N) is 1. The summed E-state index contributed by atoms with van der Waals surface area (Å²) in [5.41, 5.74) is 1.84.